The van der Waals surface area contributed by atoms with E-state index in [1.54, 1.807) is 0 Å². The first kappa shape index (κ1) is 25.4. The number of benzene rings is 6. The molecule has 3 aromatic heterocycles. The first-order valence-corrected chi connectivity index (χ1v) is 15.1. The molecule has 0 unspecified atom stereocenters. The molecule has 6 aromatic carbocycles. The summed E-state index contributed by atoms with van der Waals surface area (Å²) in [6.07, 6.45) is 1.81. The molecule has 9 aromatic rings. The molecule has 45 heavy (non-hydrogen) atoms. The van der Waals surface area contributed by atoms with E-state index >= 15 is 0 Å². The van der Waals surface area contributed by atoms with Crippen LogP contribution in [0.25, 0.3) is 60.7 Å². The van der Waals surface area contributed by atoms with Gasteiger partial charge in [-0.2, -0.15) is 0 Å². The number of aromatic nitrogens is 2. The third-order valence-corrected chi connectivity index (χ3v) is 8.65. The van der Waals surface area contributed by atoms with Crippen LogP contribution in [0.2, 0.25) is 0 Å². The Morgan fingerprint density at radius 1 is 0.511 bits per heavy atom. The summed E-state index contributed by atoms with van der Waals surface area (Å²) in [6, 6.07) is 55.4. The number of hydrogen-bond acceptors (Lipinski definition) is 3. The molecule has 0 amide bonds. The molecule has 0 fully saturated rings. The van der Waals surface area contributed by atoms with Gasteiger partial charge in [0, 0.05) is 39.3 Å². The minimum atomic E-state index is 0.782. The van der Waals surface area contributed by atoms with Crippen LogP contribution in [0.15, 0.2) is 168 Å². The van der Waals surface area contributed by atoms with Crippen LogP contribution in [-0.2, 0) is 0 Å². The quantitative estimate of drug-likeness (QED) is 0.204. The lowest BCUT2D eigenvalue weighted by Gasteiger charge is -2.25. The highest BCUT2D eigenvalue weighted by atomic mass is 16.3. The predicted octanol–water partition coefficient (Wildman–Crippen LogP) is 11.2. The van der Waals surface area contributed by atoms with Gasteiger partial charge in [-0.05, 0) is 72.3 Å². The zero-order valence-electron chi connectivity index (χ0n) is 24.3. The van der Waals surface area contributed by atoms with Gasteiger partial charge in [0.05, 0.1) is 22.4 Å². The van der Waals surface area contributed by atoms with Gasteiger partial charge in [0.2, 0.25) is 0 Å². The SMILES string of the molecule is c1ccc(N(c2ccc(-c3ccccc3-n3c4ccccc4c4ccccc43)cc2)c2cccc3c2oc2cccnc23)cc1. The molecule has 0 aliphatic carbocycles. The minimum Gasteiger partial charge on any atom is -0.452 e. The van der Waals surface area contributed by atoms with E-state index < -0.39 is 0 Å². The van der Waals surface area contributed by atoms with Crippen molar-refractivity contribution < 1.29 is 4.42 Å². The van der Waals surface area contributed by atoms with Crippen molar-refractivity contribution in [1.29, 1.82) is 0 Å². The molecule has 0 N–H and O–H groups in total. The third-order valence-electron chi connectivity index (χ3n) is 8.65. The Hall–Kier alpha value is -6.13. The molecule has 0 bridgehead atoms. The monoisotopic (exact) mass is 577 g/mol. The van der Waals surface area contributed by atoms with Crippen LogP contribution in [0.5, 0.6) is 0 Å². The van der Waals surface area contributed by atoms with E-state index in [9.17, 15) is 0 Å². The number of rotatable bonds is 5. The number of hydrogen-bond donors (Lipinski definition) is 0. The fourth-order valence-electron chi connectivity index (χ4n) is 6.67. The first-order valence-electron chi connectivity index (χ1n) is 15.1. The van der Waals surface area contributed by atoms with Gasteiger partial charge in [0.25, 0.3) is 0 Å². The van der Waals surface area contributed by atoms with Gasteiger partial charge < -0.3 is 13.9 Å². The predicted molar refractivity (Wildman–Crippen MR) is 186 cm³/mol. The summed E-state index contributed by atoms with van der Waals surface area (Å²) in [5.74, 6) is 0. The van der Waals surface area contributed by atoms with E-state index in [2.05, 4.69) is 154 Å². The number of nitrogens with zero attached hydrogens (tertiary/aromatic N) is 3. The normalized spacial score (nSPS) is 11.6. The molecule has 0 aliphatic heterocycles. The molecule has 0 atom stereocenters. The lowest BCUT2D eigenvalue weighted by Crippen LogP contribution is -2.10. The van der Waals surface area contributed by atoms with Crippen molar-refractivity contribution in [2.75, 3.05) is 4.90 Å². The van der Waals surface area contributed by atoms with E-state index in [4.69, 9.17) is 4.42 Å². The van der Waals surface area contributed by atoms with Gasteiger partial charge in [0.15, 0.2) is 11.2 Å². The molecule has 212 valence electrons. The number of pyridine rings is 1. The molecule has 0 saturated carbocycles. The highest BCUT2D eigenvalue weighted by molar-refractivity contribution is 6.10. The van der Waals surface area contributed by atoms with Crippen LogP contribution in [0.1, 0.15) is 0 Å². The van der Waals surface area contributed by atoms with Gasteiger partial charge in [-0.25, -0.2) is 0 Å². The molecule has 9 rings (SSSR count). The zero-order valence-corrected chi connectivity index (χ0v) is 24.3. The molecule has 0 radical (unpaired) electrons. The van der Waals surface area contributed by atoms with Crippen molar-refractivity contribution >= 4 is 60.9 Å². The Kier molecular flexibility index (Phi) is 5.78. The molecule has 0 saturated heterocycles. The first-order chi connectivity index (χ1) is 22.3. The second-order valence-electron chi connectivity index (χ2n) is 11.2. The summed E-state index contributed by atoms with van der Waals surface area (Å²) in [7, 11) is 0. The summed E-state index contributed by atoms with van der Waals surface area (Å²) in [5, 5.41) is 3.51. The smallest absolute Gasteiger partial charge is 0.161 e. The Morgan fingerprint density at radius 2 is 1.16 bits per heavy atom. The second-order valence-corrected chi connectivity index (χ2v) is 11.2. The van der Waals surface area contributed by atoms with Gasteiger partial charge in [-0.1, -0.05) is 91.0 Å². The summed E-state index contributed by atoms with van der Waals surface area (Å²) in [6.45, 7) is 0. The van der Waals surface area contributed by atoms with E-state index in [1.165, 1.54) is 27.4 Å². The molecular formula is C41H27N3O. The fourth-order valence-corrected chi connectivity index (χ4v) is 6.67. The highest BCUT2D eigenvalue weighted by Crippen LogP contribution is 2.42. The topological polar surface area (TPSA) is 34.2 Å². The van der Waals surface area contributed by atoms with Crippen molar-refractivity contribution in [2.45, 2.75) is 0 Å². The summed E-state index contributed by atoms with van der Waals surface area (Å²) in [5.41, 5.74) is 11.4. The Labute approximate surface area is 260 Å². The number of fused-ring (bicyclic) bond motifs is 6. The van der Waals surface area contributed by atoms with Crippen LogP contribution in [0.3, 0.4) is 0 Å². The second kappa shape index (κ2) is 10.2. The Bertz CT molecular complexity index is 2440. The van der Waals surface area contributed by atoms with Crippen molar-refractivity contribution in [3.63, 3.8) is 0 Å². The zero-order chi connectivity index (χ0) is 29.7. The molecular weight excluding hydrogens is 550 g/mol. The number of anilines is 3. The van der Waals surface area contributed by atoms with E-state index in [0.717, 1.165) is 50.4 Å². The van der Waals surface area contributed by atoms with Crippen LogP contribution < -0.4 is 4.90 Å². The van der Waals surface area contributed by atoms with Crippen molar-refractivity contribution in [1.82, 2.24) is 9.55 Å². The molecule has 0 spiro atoms. The van der Waals surface area contributed by atoms with Crippen LogP contribution in [0.4, 0.5) is 17.1 Å². The van der Waals surface area contributed by atoms with Crippen molar-refractivity contribution in [3.8, 4) is 16.8 Å². The Balaban J connectivity index is 1.20. The van der Waals surface area contributed by atoms with E-state index in [1.807, 2.05) is 24.4 Å². The van der Waals surface area contributed by atoms with Crippen molar-refractivity contribution in [2.24, 2.45) is 0 Å². The molecule has 0 aliphatic rings. The molecule has 4 nitrogen and oxygen atoms in total. The standard InChI is InChI=1S/C41H27N3O/c1-2-12-29(13-3-1)43(38-21-10-17-34-40-39(45-41(34)38)22-11-27-42-40)30-25-23-28(24-26-30)31-14-4-7-18-35(31)44-36-19-8-5-15-32(36)33-16-6-9-20-37(33)44/h1-27H. The van der Waals surface area contributed by atoms with Crippen LogP contribution in [-0.4, -0.2) is 9.55 Å². The van der Waals surface area contributed by atoms with E-state index in [-0.39, 0.29) is 0 Å². The van der Waals surface area contributed by atoms with Crippen molar-refractivity contribution in [3.05, 3.63) is 164 Å². The fraction of sp³-hybridized carbons (Fsp3) is 0. The highest BCUT2D eigenvalue weighted by Gasteiger charge is 2.20. The van der Waals surface area contributed by atoms with Gasteiger partial charge in [0.1, 0.15) is 5.52 Å². The van der Waals surface area contributed by atoms with Gasteiger partial charge >= 0.3 is 0 Å². The molecule has 4 heteroatoms. The maximum Gasteiger partial charge on any atom is 0.161 e. The summed E-state index contributed by atoms with van der Waals surface area (Å²) >= 11 is 0. The van der Waals surface area contributed by atoms with Gasteiger partial charge in [-0.3, -0.25) is 4.98 Å². The minimum absolute atomic E-state index is 0.782. The van der Waals surface area contributed by atoms with E-state index in [0.29, 0.717) is 0 Å². The van der Waals surface area contributed by atoms with Gasteiger partial charge in [-0.15, -0.1) is 0 Å². The maximum absolute atomic E-state index is 6.42. The lowest BCUT2D eigenvalue weighted by atomic mass is 10.0. The number of para-hydroxylation sites is 5. The maximum atomic E-state index is 6.42. The van der Waals surface area contributed by atoms with Crippen LogP contribution in [0, 0.1) is 0 Å². The average molecular weight is 578 g/mol. The van der Waals surface area contributed by atoms with Crippen LogP contribution >= 0.6 is 0 Å². The third kappa shape index (κ3) is 4.04. The largest absolute Gasteiger partial charge is 0.452 e. The average Bonchev–Trinajstić information content (AvgIpc) is 3.66. The summed E-state index contributed by atoms with van der Waals surface area (Å²) < 4.78 is 8.81. The molecule has 3 heterocycles. The Morgan fingerprint density at radius 3 is 1.93 bits per heavy atom. The summed E-state index contributed by atoms with van der Waals surface area (Å²) in [4.78, 5) is 6.87. The number of furan rings is 1. The lowest BCUT2D eigenvalue weighted by molar-refractivity contribution is 0.668.